The Labute approximate surface area is 104 Å². The molecule has 17 heavy (non-hydrogen) atoms. The number of aromatic nitrogens is 2. The highest BCUT2D eigenvalue weighted by Gasteiger charge is 2.29. The Kier molecular flexibility index (Phi) is 3.61. The minimum atomic E-state index is -0.831. The highest BCUT2D eigenvalue weighted by atomic mass is 32.1. The molecule has 0 radical (unpaired) electrons. The van der Waals surface area contributed by atoms with Crippen molar-refractivity contribution in [2.75, 3.05) is 5.32 Å². The molecular weight excluding hydrogens is 238 g/mol. The first-order valence-electron chi connectivity index (χ1n) is 5.94. The summed E-state index contributed by atoms with van der Waals surface area (Å²) in [5.74, 6) is 0.614. The third-order valence-electron chi connectivity index (χ3n) is 3.14. The quantitative estimate of drug-likeness (QED) is 0.816. The molecule has 0 amide bonds. The number of carboxylic acids is 1. The average Bonchev–Trinajstić information content (AvgIpc) is 3.05. The molecule has 1 aliphatic carbocycles. The van der Waals surface area contributed by atoms with E-state index in [-0.39, 0.29) is 5.92 Å². The van der Waals surface area contributed by atoms with Gasteiger partial charge in [0.1, 0.15) is 11.9 Å². The van der Waals surface area contributed by atoms with Crippen LogP contribution < -0.4 is 5.32 Å². The third-order valence-corrected chi connectivity index (χ3v) is 3.80. The molecule has 0 spiro atoms. The zero-order chi connectivity index (χ0) is 12.4. The number of aliphatic carboxylic acids is 1. The first kappa shape index (κ1) is 12.3. The molecule has 1 saturated carbocycles. The predicted molar refractivity (Wildman–Crippen MR) is 66.4 cm³/mol. The van der Waals surface area contributed by atoms with Crippen LogP contribution in [0.25, 0.3) is 0 Å². The average molecular weight is 255 g/mol. The van der Waals surface area contributed by atoms with Gasteiger partial charge in [-0.1, -0.05) is 20.3 Å². The van der Waals surface area contributed by atoms with Crippen molar-refractivity contribution >= 4 is 22.6 Å². The van der Waals surface area contributed by atoms with Crippen molar-refractivity contribution in [3.05, 3.63) is 5.82 Å². The number of anilines is 1. The molecule has 1 aromatic rings. The third kappa shape index (κ3) is 2.94. The van der Waals surface area contributed by atoms with Gasteiger partial charge in [-0.15, -0.1) is 0 Å². The van der Waals surface area contributed by atoms with Crippen molar-refractivity contribution in [3.63, 3.8) is 0 Å². The number of carboxylic acid groups (broad SMARTS) is 1. The van der Waals surface area contributed by atoms with Crippen LogP contribution in [-0.4, -0.2) is 26.5 Å². The smallest absolute Gasteiger partial charge is 0.326 e. The molecule has 94 valence electrons. The second-order valence-corrected chi connectivity index (χ2v) is 5.33. The van der Waals surface area contributed by atoms with Crippen LogP contribution in [0.15, 0.2) is 0 Å². The second-order valence-electron chi connectivity index (χ2n) is 4.58. The first-order valence-corrected chi connectivity index (χ1v) is 6.72. The summed E-state index contributed by atoms with van der Waals surface area (Å²) >= 11 is 1.26. The van der Waals surface area contributed by atoms with Gasteiger partial charge >= 0.3 is 5.97 Å². The predicted octanol–water partition coefficient (Wildman–Crippen LogP) is 2.33. The summed E-state index contributed by atoms with van der Waals surface area (Å²) in [4.78, 5) is 15.5. The van der Waals surface area contributed by atoms with E-state index in [0.29, 0.717) is 11.0 Å². The van der Waals surface area contributed by atoms with Gasteiger partial charge in [-0.2, -0.15) is 4.37 Å². The molecule has 5 nitrogen and oxygen atoms in total. The standard InChI is InChI=1S/C11H17N3O2S/c1-3-6(2)8(10(15)16)12-11-13-9(14-17-11)7-4-5-7/h6-8H,3-5H2,1-2H3,(H,15,16)(H,12,13,14)/t6-,8-/m0/s1. The van der Waals surface area contributed by atoms with Gasteiger partial charge in [-0.25, -0.2) is 9.78 Å². The van der Waals surface area contributed by atoms with Gasteiger partial charge in [-0.3, -0.25) is 0 Å². The molecule has 0 bridgehead atoms. The highest BCUT2D eigenvalue weighted by Crippen LogP contribution is 2.39. The van der Waals surface area contributed by atoms with E-state index in [1.807, 2.05) is 13.8 Å². The molecule has 2 N–H and O–H groups in total. The van der Waals surface area contributed by atoms with Gasteiger partial charge in [0.05, 0.1) is 0 Å². The van der Waals surface area contributed by atoms with Crippen molar-refractivity contribution in [1.82, 2.24) is 9.36 Å². The van der Waals surface area contributed by atoms with E-state index in [0.717, 1.165) is 25.1 Å². The lowest BCUT2D eigenvalue weighted by atomic mass is 10.00. The molecule has 1 aromatic heterocycles. The van der Waals surface area contributed by atoms with Crippen LogP contribution in [0.5, 0.6) is 0 Å². The Morgan fingerprint density at radius 1 is 1.65 bits per heavy atom. The molecule has 1 fully saturated rings. The van der Waals surface area contributed by atoms with Gasteiger partial charge < -0.3 is 10.4 Å². The monoisotopic (exact) mass is 255 g/mol. The molecule has 2 atom stereocenters. The SMILES string of the molecule is CC[C@H](C)[C@H](Nc1nc(C2CC2)ns1)C(=O)O. The zero-order valence-corrected chi connectivity index (χ0v) is 10.8. The van der Waals surface area contributed by atoms with E-state index in [1.165, 1.54) is 11.5 Å². The van der Waals surface area contributed by atoms with E-state index >= 15 is 0 Å². The lowest BCUT2D eigenvalue weighted by Gasteiger charge is -2.19. The lowest BCUT2D eigenvalue weighted by molar-refractivity contribution is -0.139. The topological polar surface area (TPSA) is 75.1 Å². The summed E-state index contributed by atoms with van der Waals surface area (Å²) in [5.41, 5.74) is 0. The maximum absolute atomic E-state index is 11.2. The van der Waals surface area contributed by atoms with E-state index in [2.05, 4.69) is 14.7 Å². The Morgan fingerprint density at radius 2 is 2.35 bits per heavy atom. The summed E-state index contributed by atoms with van der Waals surface area (Å²) in [6.07, 6.45) is 3.13. The maximum Gasteiger partial charge on any atom is 0.326 e. The van der Waals surface area contributed by atoms with Crippen molar-refractivity contribution in [2.24, 2.45) is 5.92 Å². The van der Waals surface area contributed by atoms with Crippen LogP contribution in [0.2, 0.25) is 0 Å². The molecule has 1 heterocycles. The molecule has 1 aliphatic rings. The number of nitrogens with one attached hydrogen (secondary N) is 1. The lowest BCUT2D eigenvalue weighted by Crippen LogP contribution is -2.35. The molecule has 0 unspecified atom stereocenters. The van der Waals surface area contributed by atoms with Crippen LogP contribution >= 0.6 is 11.5 Å². The van der Waals surface area contributed by atoms with Gasteiger partial charge in [0, 0.05) is 17.5 Å². The van der Waals surface area contributed by atoms with Crippen molar-refractivity contribution < 1.29 is 9.90 Å². The summed E-state index contributed by atoms with van der Waals surface area (Å²) in [5, 5.41) is 12.8. The maximum atomic E-state index is 11.2. The zero-order valence-electron chi connectivity index (χ0n) is 10.0. The Balaban J connectivity index is 2.02. The van der Waals surface area contributed by atoms with Gasteiger partial charge in [0.2, 0.25) is 5.13 Å². The Hall–Kier alpha value is -1.17. The molecular formula is C11H17N3O2S. The fraction of sp³-hybridized carbons (Fsp3) is 0.727. The van der Waals surface area contributed by atoms with E-state index in [1.54, 1.807) is 0 Å². The number of rotatable bonds is 6. The molecule has 0 aromatic carbocycles. The van der Waals surface area contributed by atoms with Gasteiger partial charge in [0.25, 0.3) is 0 Å². The van der Waals surface area contributed by atoms with Crippen molar-refractivity contribution in [2.45, 2.75) is 45.1 Å². The van der Waals surface area contributed by atoms with Crippen LogP contribution in [-0.2, 0) is 4.79 Å². The van der Waals surface area contributed by atoms with Crippen LogP contribution in [0.3, 0.4) is 0 Å². The van der Waals surface area contributed by atoms with E-state index in [9.17, 15) is 4.79 Å². The van der Waals surface area contributed by atoms with E-state index < -0.39 is 12.0 Å². The van der Waals surface area contributed by atoms with Crippen molar-refractivity contribution in [3.8, 4) is 0 Å². The molecule has 0 saturated heterocycles. The minimum Gasteiger partial charge on any atom is -0.480 e. The molecule has 0 aliphatic heterocycles. The fourth-order valence-electron chi connectivity index (χ4n) is 1.62. The van der Waals surface area contributed by atoms with Gasteiger partial charge in [0.15, 0.2) is 0 Å². The van der Waals surface area contributed by atoms with Gasteiger partial charge in [-0.05, 0) is 18.8 Å². The Bertz CT molecular complexity index is 403. The number of hydrogen-bond donors (Lipinski definition) is 2. The van der Waals surface area contributed by atoms with Crippen LogP contribution in [0, 0.1) is 5.92 Å². The second kappa shape index (κ2) is 5.00. The largest absolute Gasteiger partial charge is 0.480 e. The number of nitrogens with zero attached hydrogens (tertiary/aromatic N) is 2. The summed E-state index contributed by atoms with van der Waals surface area (Å²) < 4.78 is 4.25. The Morgan fingerprint density at radius 3 is 2.88 bits per heavy atom. The van der Waals surface area contributed by atoms with Crippen LogP contribution in [0.4, 0.5) is 5.13 Å². The number of carbonyl (C=O) groups is 1. The molecule has 2 rings (SSSR count). The van der Waals surface area contributed by atoms with Crippen LogP contribution in [0.1, 0.15) is 44.9 Å². The highest BCUT2D eigenvalue weighted by molar-refractivity contribution is 7.09. The van der Waals surface area contributed by atoms with E-state index in [4.69, 9.17) is 5.11 Å². The number of hydrogen-bond acceptors (Lipinski definition) is 5. The fourth-order valence-corrected chi connectivity index (χ4v) is 2.30. The normalized spacial score (nSPS) is 18.7. The minimum absolute atomic E-state index is 0.0702. The summed E-state index contributed by atoms with van der Waals surface area (Å²) in [7, 11) is 0. The van der Waals surface area contributed by atoms with Crippen molar-refractivity contribution in [1.29, 1.82) is 0 Å². The first-order chi connectivity index (χ1) is 8.11. The summed E-state index contributed by atoms with van der Waals surface area (Å²) in [6.45, 7) is 3.91. The molecule has 6 heteroatoms. The summed E-state index contributed by atoms with van der Waals surface area (Å²) in [6, 6.07) is -0.583.